The lowest BCUT2D eigenvalue weighted by atomic mass is 10.2. The van der Waals surface area contributed by atoms with Crippen molar-refractivity contribution in [2.75, 3.05) is 13.2 Å². The van der Waals surface area contributed by atoms with E-state index in [0.717, 1.165) is 17.7 Å². The first-order valence-electron chi connectivity index (χ1n) is 7.68. The molecule has 0 aliphatic carbocycles. The number of benzene rings is 2. The van der Waals surface area contributed by atoms with Crippen LogP contribution in [0.15, 0.2) is 55.1 Å². The lowest BCUT2D eigenvalue weighted by Crippen LogP contribution is -2.13. The molecule has 0 amide bonds. The highest BCUT2D eigenvalue weighted by Gasteiger charge is 2.13. The van der Waals surface area contributed by atoms with Gasteiger partial charge >= 0.3 is 0 Å². The molecule has 0 fully saturated rings. The van der Waals surface area contributed by atoms with Gasteiger partial charge in [0.05, 0.1) is 11.6 Å². The van der Waals surface area contributed by atoms with Crippen molar-refractivity contribution in [3.8, 4) is 11.5 Å². The van der Waals surface area contributed by atoms with Crippen molar-refractivity contribution in [1.82, 2.24) is 5.32 Å². The normalized spacial score (nSPS) is 9.92. The van der Waals surface area contributed by atoms with Crippen molar-refractivity contribution < 1.29 is 9.47 Å². The van der Waals surface area contributed by atoms with Crippen LogP contribution in [0.25, 0.3) is 0 Å². The summed E-state index contributed by atoms with van der Waals surface area (Å²) in [6.07, 6.45) is 1.82. The lowest BCUT2D eigenvalue weighted by molar-refractivity contribution is 0.269. The Morgan fingerprint density at radius 2 is 1.88 bits per heavy atom. The van der Waals surface area contributed by atoms with Crippen molar-refractivity contribution in [2.24, 2.45) is 0 Å². The highest BCUT2D eigenvalue weighted by Crippen LogP contribution is 2.37. The molecule has 0 aliphatic heterocycles. The van der Waals surface area contributed by atoms with E-state index in [2.05, 4.69) is 11.9 Å². The second-order valence-electron chi connectivity index (χ2n) is 5.03. The predicted molar refractivity (Wildman–Crippen MR) is 103 cm³/mol. The summed E-state index contributed by atoms with van der Waals surface area (Å²) in [6.45, 7) is 8.09. The van der Waals surface area contributed by atoms with E-state index < -0.39 is 0 Å². The van der Waals surface area contributed by atoms with Gasteiger partial charge in [0.15, 0.2) is 11.5 Å². The Bertz CT molecular complexity index is 633. The van der Waals surface area contributed by atoms with E-state index in [9.17, 15) is 0 Å². The first-order valence-corrected chi connectivity index (χ1v) is 8.06. The molecule has 0 spiro atoms. The van der Waals surface area contributed by atoms with Crippen LogP contribution in [0, 0.1) is 0 Å². The van der Waals surface area contributed by atoms with Gasteiger partial charge in [-0.25, -0.2) is 0 Å². The van der Waals surface area contributed by atoms with Gasteiger partial charge in [-0.2, -0.15) is 0 Å². The molecule has 0 atom stereocenters. The summed E-state index contributed by atoms with van der Waals surface area (Å²) in [4.78, 5) is 0. The molecule has 2 aromatic rings. The SMILES string of the molecule is C=CCNCc1cc(Cl)c(OCc2ccccc2)c(OCC)c1.Cl. The number of hydrogen-bond acceptors (Lipinski definition) is 3. The largest absolute Gasteiger partial charge is 0.490 e. The third-order valence-electron chi connectivity index (χ3n) is 3.21. The Labute approximate surface area is 155 Å². The van der Waals surface area contributed by atoms with E-state index in [1.165, 1.54) is 0 Å². The van der Waals surface area contributed by atoms with Gasteiger partial charge in [-0.05, 0) is 30.2 Å². The Morgan fingerprint density at radius 3 is 2.54 bits per heavy atom. The van der Waals surface area contributed by atoms with Crippen molar-refractivity contribution in [1.29, 1.82) is 0 Å². The minimum absolute atomic E-state index is 0. The highest BCUT2D eigenvalue weighted by atomic mass is 35.5. The van der Waals surface area contributed by atoms with Crippen LogP contribution in [-0.2, 0) is 13.2 Å². The number of ether oxygens (including phenoxy) is 2. The van der Waals surface area contributed by atoms with Crippen molar-refractivity contribution in [2.45, 2.75) is 20.1 Å². The molecule has 0 saturated carbocycles. The second kappa shape index (κ2) is 11.0. The smallest absolute Gasteiger partial charge is 0.180 e. The van der Waals surface area contributed by atoms with Gasteiger partial charge in [-0.3, -0.25) is 0 Å². The second-order valence-corrected chi connectivity index (χ2v) is 5.44. The summed E-state index contributed by atoms with van der Waals surface area (Å²) in [5.41, 5.74) is 2.13. The van der Waals surface area contributed by atoms with Crippen LogP contribution in [-0.4, -0.2) is 13.2 Å². The van der Waals surface area contributed by atoms with Gasteiger partial charge in [0.2, 0.25) is 0 Å². The Morgan fingerprint density at radius 1 is 1.12 bits per heavy atom. The summed E-state index contributed by atoms with van der Waals surface area (Å²) in [5.74, 6) is 1.26. The molecular weight excluding hydrogens is 345 g/mol. The van der Waals surface area contributed by atoms with Gasteiger partial charge in [0.25, 0.3) is 0 Å². The highest BCUT2D eigenvalue weighted by molar-refractivity contribution is 6.32. The van der Waals surface area contributed by atoms with Crippen LogP contribution in [0.5, 0.6) is 11.5 Å². The lowest BCUT2D eigenvalue weighted by Gasteiger charge is -2.15. The molecule has 1 N–H and O–H groups in total. The van der Waals surface area contributed by atoms with E-state index in [0.29, 0.717) is 36.3 Å². The number of rotatable bonds is 9. The molecule has 0 radical (unpaired) electrons. The molecule has 0 aromatic heterocycles. The standard InChI is InChI=1S/C19H22ClNO2.ClH/c1-3-10-21-13-16-11-17(20)19(18(12-16)22-4-2)23-14-15-8-6-5-7-9-15;/h3,5-9,11-12,21H,1,4,10,13-14H2,2H3;1H. The first kappa shape index (κ1) is 20.4. The maximum atomic E-state index is 6.40. The van der Waals surface area contributed by atoms with Gasteiger partial charge in [-0.1, -0.05) is 48.0 Å². The molecule has 0 bridgehead atoms. The molecule has 3 nitrogen and oxygen atoms in total. The fraction of sp³-hybridized carbons (Fsp3) is 0.263. The zero-order valence-corrected chi connectivity index (χ0v) is 15.3. The topological polar surface area (TPSA) is 30.5 Å². The van der Waals surface area contributed by atoms with E-state index in [4.69, 9.17) is 21.1 Å². The third kappa shape index (κ3) is 6.08. The van der Waals surface area contributed by atoms with E-state index in [-0.39, 0.29) is 12.4 Å². The quantitative estimate of drug-likeness (QED) is 0.498. The maximum Gasteiger partial charge on any atom is 0.180 e. The predicted octanol–water partition coefficient (Wildman–Crippen LogP) is 5.02. The van der Waals surface area contributed by atoms with Gasteiger partial charge in [-0.15, -0.1) is 19.0 Å². The van der Waals surface area contributed by atoms with Crippen LogP contribution in [0.2, 0.25) is 5.02 Å². The molecule has 2 aromatic carbocycles. The summed E-state index contributed by atoms with van der Waals surface area (Å²) in [6, 6.07) is 13.8. The summed E-state index contributed by atoms with van der Waals surface area (Å²) >= 11 is 6.40. The molecule has 5 heteroatoms. The Hall–Kier alpha value is -1.68. The van der Waals surface area contributed by atoms with Crippen LogP contribution >= 0.6 is 24.0 Å². The van der Waals surface area contributed by atoms with Crippen molar-refractivity contribution >= 4 is 24.0 Å². The Kier molecular flexibility index (Phi) is 9.31. The monoisotopic (exact) mass is 367 g/mol. The molecule has 0 heterocycles. The minimum atomic E-state index is 0. The van der Waals surface area contributed by atoms with Crippen LogP contribution in [0.1, 0.15) is 18.1 Å². The number of nitrogens with one attached hydrogen (secondary N) is 1. The van der Waals surface area contributed by atoms with Crippen LogP contribution in [0.4, 0.5) is 0 Å². The fourth-order valence-electron chi connectivity index (χ4n) is 2.17. The van der Waals surface area contributed by atoms with Crippen LogP contribution in [0.3, 0.4) is 0 Å². The van der Waals surface area contributed by atoms with E-state index in [1.54, 1.807) is 0 Å². The average molecular weight is 368 g/mol. The maximum absolute atomic E-state index is 6.40. The van der Waals surface area contributed by atoms with Crippen molar-refractivity contribution in [3.63, 3.8) is 0 Å². The number of halogens is 2. The van der Waals surface area contributed by atoms with E-state index in [1.807, 2.05) is 55.5 Å². The molecule has 24 heavy (non-hydrogen) atoms. The van der Waals surface area contributed by atoms with Crippen LogP contribution < -0.4 is 14.8 Å². The molecule has 0 aliphatic rings. The van der Waals surface area contributed by atoms with Gasteiger partial charge in [0.1, 0.15) is 6.61 Å². The molecule has 0 unspecified atom stereocenters. The fourth-order valence-corrected chi connectivity index (χ4v) is 2.46. The average Bonchev–Trinajstić information content (AvgIpc) is 2.55. The molecule has 0 saturated heterocycles. The molecule has 2 rings (SSSR count). The summed E-state index contributed by atoms with van der Waals surface area (Å²) in [7, 11) is 0. The summed E-state index contributed by atoms with van der Waals surface area (Å²) < 4.78 is 11.6. The first-order chi connectivity index (χ1) is 11.2. The van der Waals surface area contributed by atoms with Gasteiger partial charge in [0, 0.05) is 13.1 Å². The zero-order valence-electron chi connectivity index (χ0n) is 13.8. The zero-order chi connectivity index (χ0) is 16.5. The number of hydrogen-bond donors (Lipinski definition) is 1. The van der Waals surface area contributed by atoms with Gasteiger partial charge < -0.3 is 14.8 Å². The Balaban J connectivity index is 0.00000288. The van der Waals surface area contributed by atoms with Crippen molar-refractivity contribution in [3.05, 3.63) is 71.3 Å². The molecular formula is C19H23Cl2NO2. The third-order valence-corrected chi connectivity index (χ3v) is 3.49. The van der Waals surface area contributed by atoms with E-state index >= 15 is 0 Å². The summed E-state index contributed by atoms with van der Waals surface area (Å²) in [5, 5.41) is 3.81. The molecule has 130 valence electrons. The minimum Gasteiger partial charge on any atom is -0.490 e.